The van der Waals surface area contributed by atoms with Gasteiger partial charge in [0.1, 0.15) is 5.82 Å². The number of benzene rings is 1. The summed E-state index contributed by atoms with van der Waals surface area (Å²) in [5.74, 6) is -0.169. The molecule has 2 N–H and O–H groups in total. The molecule has 2 heterocycles. The van der Waals surface area contributed by atoms with Crippen molar-refractivity contribution in [3.63, 3.8) is 0 Å². The molecule has 2 atom stereocenters. The smallest absolute Gasteiger partial charge is 0.142 e. The molecule has 3 rings (SSSR count). The summed E-state index contributed by atoms with van der Waals surface area (Å²) in [6, 6.07) is 4.94. The van der Waals surface area contributed by atoms with Crippen LogP contribution in [-0.4, -0.2) is 33.6 Å². The van der Waals surface area contributed by atoms with Crippen LogP contribution in [0.3, 0.4) is 0 Å². The highest BCUT2D eigenvalue weighted by molar-refractivity contribution is 6.31. The minimum Gasteiger partial charge on any atom is -0.340 e. The first kappa shape index (κ1) is 14.5. The highest BCUT2D eigenvalue weighted by atomic mass is 35.5. The van der Waals surface area contributed by atoms with Gasteiger partial charge in [0.25, 0.3) is 0 Å². The molecule has 6 heteroatoms. The number of aromatic nitrogens is 2. The van der Waals surface area contributed by atoms with Crippen molar-refractivity contribution in [3.8, 4) is 0 Å². The van der Waals surface area contributed by atoms with E-state index in [1.165, 1.54) is 6.07 Å². The fourth-order valence-electron chi connectivity index (χ4n) is 2.89. The number of aryl methyl sites for hydroxylation is 1. The third kappa shape index (κ3) is 2.95. The van der Waals surface area contributed by atoms with Gasteiger partial charge in [-0.1, -0.05) is 23.7 Å². The van der Waals surface area contributed by atoms with Gasteiger partial charge < -0.3 is 10.3 Å². The quantitative estimate of drug-likeness (QED) is 0.945. The van der Waals surface area contributed by atoms with Crippen LogP contribution in [0.15, 0.2) is 30.7 Å². The molecule has 0 bridgehead atoms. The highest BCUT2D eigenvalue weighted by Gasteiger charge is 2.32. The van der Waals surface area contributed by atoms with E-state index in [4.69, 9.17) is 17.3 Å². The third-order valence-electron chi connectivity index (χ3n) is 3.97. The Hall–Kier alpha value is -1.43. The molecule has 0 unspecified atom stereocenters. The third-order valence-corrected chi connectivity index (χ3v) is 4.39. The summed E-state index contributed by atoms with van der Waals surface area (Å²) in [5.41, 5.74) is 8.04. The highest BCUT2D eigenvalue weighted by Crippen LogP contribution is 2.28. The lowest BCUT2D eigenvalue weighted by molar-refractivity contribution is 0.323. The van der Waals surface area contributed by atoms with E-state index in [-0.39, 0.29) is 22.8 Å². The maximum atomic E-state index is 13.5. The lowest BCUT2D eigenvalue weighted by atomic mass is 10.0. The number of imidazole rings is 1. The summed E-state index contributed by atoms with van der Waals surface area (Å²) >= 11 is 6.02. The van der Waals surface area contributed by atoms with Crippen LogP contribution in [0.5, 0.6) is 0 Å². The van der Waals surface area contributed by atoms with Crippen LogP contribution in [0.25, 0.3) is 0 Å². The molecular weight excluding hydrogens is 291 g/mol. The Morgan fingerprint density at radius 1 is 1.43 bits per heavy atom. The summed E-state index contributed by atoms with van der Waals surface area (Å²) in [7, 11) is 1.95. The molecule has 4 nitrogen and oxygen atoms in total. The Labute approximate surface area is 128 Å². The summed E-state index contributed by atoms with van der Waals surface area (Å²) in [4.78, 5) is 6.59. The maximum absolute atomic E-state index is 13.5. The van der Waals surface area contributed by atoms with E-state index in [0.717, 1.165) is 24.3 Å². The van der Waals surface area contributed by atoms with Crippen molar-refractivity contribution in [1.29, 1.82) is 0 Å². The largest absolute Gasteiger partial charge is 0.340 e. The zero-order valence-corrected chi connectivity index (χ0v) is 12.6. The Morgan fingerprint density at radius 2 is 2.24 bits per heavy atom. The van der Waals surface area contributed by atoms with Gasteiger partial charge in [0, 0.05) is 44.8 Å². The van der Waals surface area contributed by atoms with E-state index >= 15 is 0 Å². The second-order valence-corrected chi connectivity index (χ2v) is 6.02. The molecule has 0 aliphatic carbocycles. The molecule has 1 aromatic heterocycles. The summed E-state index contributed by atoms with van der Waals surface area (Å²) in [6.45, 7) is 2.17. The lowest BCUT2D eigenvalue weighted by Gasteiger charge is -2.16. The molecule has 0 spiro atoms. The molecule has 1 fully saturated rings. The Balaban J connectivity index is 1.73. The summed E-state index contributed by atoms with van der Waals surface area (Å²) in [6.07, 6.45) is 3.79. The Bertz CT molecular complexity index is 642. The van der Waals surface area contributed by atoms with Crippen molar-refractivity contribution in [2.45, 2.75) is 18.5 Å². The van der Waals surface area contributed by atoms with Crippen LogP contribution in [-0.2, 0) is 13.6 Å². The molecule has 0 saturated carbocycles. The van der Waals surface area contributed by atoms with Gasteiger partial charge in [-0.05, 0) is 11.6 Å². The Morgan fingerprint density at radius 3 is 2.95 bits per heavy atom. The number of nitrogens with two attached hydrogens (primary N) is 1. The standard InChI is InChI=1S/C15H18ClFN4/c1-20-8-14(19-9-20)11-6-21(7-13(11)18)5-10-3-2-4-12(17)15(10)16/h2-4,8-9,11,13H,5-7,18H2,1H3/t11-,13-/m1/s1. The topological polar surface area (TPSA) is 47.1 Å². The van der Waals surface area contributed by atoms with E-state index in [0.29, 0.717) is 6.54 Å². The van der Waals surface area contributed by atoms with Crippen LogP contribution in [0.2, 0.25) is 5.02 Å². The number of rotatable bonds is 3. The van der Waals surface area contributed by atoms with Crippen LogP contribution in [0.4, 0.5) is 4.39 Å². The van der Waals surface area contributed by atoms with E-state index in [1.807, 2.05) is 23.9 Å². The zero-order valence-electron chi connectivity index (χ0n) is 11.8. The number of hydrogen-bond donors (Lipinski definition) is 1. The van der Waals surface area contributed by atoms with Crippen LogP contribution >= 0.6 is 11.6 Å². The number of hydrogen-bond acceptors (Lipinski definition) is 3. The van der Waals surface area contributed by atoms with Crippen molar-refractivity contribution in [2.24, 2.45) is 12.8 Å². The zero-order chi connectivity index (χ0) is 15.0. The first-order valence-corrected chi connectivity index (χ1v) is 7.31. The lowest BCUT2D eigenvalue weighted by Crippen LogP contribution is -2.28. The first-order chi connectivity index (χ1) is 10.0. The number of likely N-dealkylation sites (tertiary alicyclic amines) is 1. The number of nitrogens with zero attached hydrogens (tertiary/aromatic N) is 3. The van der Waals surface area contributed by atoms with Gasteiger partial charge in [-0.2, -0.15) is 0 Å². The molecule has 112 valence electrons. The minimum atomic E-state index is -0.376. The second kappa shape index (κ2) is 5.75. The SMILES string of the molecule is Cn1cnc([C@@H]2CN(Cc3cccc(F)c3Cl)C[C@H]2N)c1. The normalized spacial score (nSPS) is 22.9. The molecule has 1 saturated heterocycles. The molecule has 0 amide bonds. The van der Waals surface area contributed by atoms with E-state index in [1.54, 1.807) is 12.4 Å². The van der Waals surface area contributed by atoms with E-state index in [9.17, 15) is 4.39 Å². The van der Waals surface area contributed by atoms with Crippen LogP contribution < -0.4 is 5.73 Å². The molecule has 1 aliphatic rings. The molecule has 2 aromatic rings. The average molecular weight is 309 g/mol. The van der Waals surface area contributed by atoms with Gasteiger partial charge in [-0.3, -0.25) is 4.90 Å². The number of halogens is 2. The van der Waals surface area contributed by atoms with Gasteiger partial charge in [0.2, 0.25) is 0 Å². The summed E-state index contributed by atoms with van der Waals surface area (Å²) < 4.78 is 15.4. The first-order valence-electron chi connectivity index (χ1n) is 6.93. The molecule has 21 heavy (non-hydrogen) atoms. The van der Waals surface area contributed by atoms with Crippen molar-refractivity contribution in [2.75, 3.05) is 13.1 Å². The van der Waals surface area contributed by atoms with Gasteiger partial charge in [-0.25, -0.2) is 9.37 Å². The predicted molar refractivity (Wildman–Crippen MR) is 80.6 cm³/mol. The minimum absolute atomic E-state index is 0.0345. The van der Waals surface area contributed by atoms with Crippen molar-refractivity contribution in [3.05, 3.63) is 52.8 Å². The van der Waals surface area contributed by atoms with Crippen LogP contribution in [0.1, 0.15) is 17.2 Å². The van der Waals surface area contributed by atoms with Crippen molar-refractivity contribution < 1.29 is 4.39 Å². The molecule has 1 aliphatic heterocycles. The average Bonchev–Trinajstić information content (AvgIpc) is 3.01. The van der Waals surface area contributed by atoms with Gasteiger partial charge >= 0.3 is 0 Å². The van der Waals surface area contributed by atoms with Gasteiger partial charge in [-0.15, -0.1) is 0 Å². The fraction of sp³-hybridized carbons (Fsp3) is 0.400. The van der Waals surface area contributed by atoms with E-state index in [2.05, 4.69) is 9.88 Å². The molecular formula is C15H18ClFN4. The maximum Gasteiger partial charge on any atom is 0.142 e. The van der Waals surface area contributed by atoms with Crippen LogP contribution in [0, 0.1) is 5.82 Å². The summed E-state index contributed by atoms with van der Waals surface area (Å²) in [5, 5.41) is 0.201. The predicted octanol–water partition coefficient (Wildman–Crippen LogP) is 2.14. The molecule has 0 radical (unpaired) electrons. The van der Waals surface area contributed by atoms with Gasteiger partial charge in [0.15, 0.2) is 0 Å². The van der Waals surface area contributed by atoms with Crippen molar-refractivity contribution >= 4 is 11.6 Å². The van der Waals surface area contributed by atoms with E-state index < -0.39 is 0 Å². The molecule has 1 aromatic carbocycles. The second-order valence-electron chi connectivity index (χ2n) is 5.64. The Kier molecular flexibility index (Phi) is 3.97. The monoisotopic (exact) mass is 308 g/mol. The fourth-order valence-corrected chi connectivity index (χ4v) is 3.08. The van der Waals surface area contributed by atoms with Gasteiger partial charge in [0.05, 0.1) is 17.0 Å². The van der Waals surface area contributed by atoms with Crippen molar-refractivity contribution in [1.82, 2.24) is 14.5 Å².